The lowest BCUT2D eigenvalue weighted by Crippen LogP contribution is -2.05. The molecule has 1 unspecified atom stereocenters. The van der Waals surface area contributed by atoms with Crippen LogP contribution < -0.4 is 0 Å². The lowest BCUT2D eigenvalue weighted by atomic mass is 10.1. The number of aliphatic hydroxyl groups excluding tert-OH is 1. The summed E-state index contributed by atoms with van der Waals surface area (Å²) in [6, 6.07) is 3.87. The van der Waals surface area contributed by atoms with Crippen LogP contribution in [0.25, 0.3) is 0 Å². The third-order valence-electron chi connectivity index (χ3n) is 1.88. The van der Waals surface area contributed by atoms with E-state index in [9.17, 15) is 5.11 Å². The minimum Gasteiger partial charge on any atom is -0.393 e. The van der Waals surface area contributed by atoms with Gasteiger partial charge in [0.2, 0.25) is 0 Å². The molecule has 0 saturated carbocycles. The van der Waals surface area contributed by atoms with Gasteiger partial charge in [0, 0.05) is 6.20 Å². The van der Waals surface area contributed by atoms with Gasteiger partial charge in [-0.1, -0.05) is 13.0 Å². The van der Waals surface area contributed by atoms with Gasteiger partial charge in [-0.2, -0.15) is 0 Å². The fraction of sp³-hybridized carbons (Fsp3) is 0.500. The highest BCUT2D eigenvalue weighted by Crippen LogP contribution is 2.04. The van der Waals surface area contributed by atoms with Crippen molar-refractivity contribution in [1.82, 2.24) is 4.98 Å². The number of rotatable bonds is 4. The molecule has 2 heteroatoms. The Labute approximate surface area is 73.3 Å². The molecule has 12 heavy (non-hydrogen) atoms. The number of aliphatic hydroxyl groups is 1. The Bertz CT molecular complexity index is 210. The van der Waals surface area contributed by atoms with Gasteiger partial charge in [0.05, 0.1) is 12.3 Å². The minimum absolute atomic E-state index is 0.182. The molecule has 0 amide bonds. The summed E-state index contributed by atoms with van der Waals surface area (Å²) in [6.07, 6.45) is 6.90. The molecule has 0 spiro atoms. The number of aromatic nitrogens is 1. The van der Waals surface area contributed by atoms with Gasteiger partial charge in [-0.15, -0.1) is 0 Å². The van der Waals surface area contributed by atoms with Crippen LogP contribution in [0.3, 0.4) is 0 Å². The maximum atomic E-state index is 9.28. The van der Waals surface area contributed by atoms with Crippen LogP contribution >= 0.6 is 0 Å². The summed E-state index contributed by atoms with van der Waals surface area (Å²) in [7, 11) is 0. The van der Waals surface area contributed by atoms with Gasteiger partial charge in [0.1, 0.15) is 0 Å². The summed E-state index contributed by atoms with van der Waals surface area (Å²) in [4.78, 5) is 3.88. The zero-order valence-electron chi connectivity index (χ0n) is 7.33. The van der Waals surface area contributed by atoms with E-state index in [0.717, 1.165) is 24.8 Å². The van der Waals surface area contributed by atoms with Gasteiger partial charge in [-0.05, 0) is 30.9 Å². The van der Waals surface area contributed by atoms with E-state index in [1.54, 1.807) is 6.20 Å². The monoisotopic (exact) mass is 164 g/mol. The second-order valence-electron chi connectivity index (χ2n) is 2.88. The van der Waals surface area contributed by atoms with Gasteiger partial charge >= 0.3 is 0 Å². The highest BCUT2D eigenvalue weighted by atomic mass is 16.3. The third kappa shape index (κ3) is 3.01. The molecule has 0 bridgehead atoms. The Hall–Kier alpha value is -0.890. The molecule has 0 aliphatic rings. The summed E-state index contributed by atoms with van der Waals surface area (Å²) >= 11 is 0. The molecular formula is C10H14NO. The molecular weight excluding hydrogens is 150 g/mol. The molecule has 0 aromatic carbocycles. The highest BCUT2D eigenvalue weighted by molar-refractivity contribution is 5.06. The van der Waals surface area contributed by atoms with Crippen LogP contribution in [0.2, 0.25) is 0 Å². The quantitative estimate of drug-likeness (QED) is 0.733. The van der Waals surface area contributed by atoms with Crippen molar-refractivity contribution in [2.75, 3.05) is 0 Å². The molecule has 1 aromatic heterocycles. The summed E-state index contributed by atoms with van der Waals surface area (Å²) in [6.45, 7) is 1.98. The third-order valence-corrected chi connectivity index (χ3v) is 1.88. The minimum atomic E-state index is -0.182. The van der Waals surface area contributed by atoms with Crippen LogP contribution in [0.4, 0.5) is 0 Å². The molecule has 1 radical (unpaired) electrons. The first-order chi connectivity index (χ1) is 5.83. The van der Waals surface area contributed by atoms with Gasteiger partial charge < -0.3 is 5.11 Å². The first-order valence-electron chi connectivity index (χ1n) is 4.32. The average molecular weight is 164 g/mol. The molecule has 0 aliphatic carbocycles. The van der Waals surface area contributed by atoms with Crippen LogP contribution in [0, 0.1) is 6.20 Å². The van der Waals surface area contributed by atoms with Gasteiger partial charge in [-0.3, -0.25) is 4.98 Å². The first kappa shape index (κ1) is 9.20. The lowest BCUT2D eigenvalue weighted by Gasteiger charge is -2.05. The Morgan fingerprint density at radius 3 is 3.08 bits per heavy atom. The van der Waals surface area contributed by atoms with Crippen molar-refractivity contribution in [2.45, 2.75) is 32.3 Å². The number of hydrogen-bond donors (Lipinski definition) is 1. The van der Waals surface area contributed by atoms with Crippen molar-refractivity contribution in [3.05, 3.63) is 30.1 Å². The van der Waals surface area contributed by atoms with E-state index in [1.807, 2.05) is 19.1 Å². The van der Waals surface area contributed by atoms with E-state index in [2.05, 4.69) is 11.2 Å². The number of hydrogen-bond acceptors (Lipinski definition) is 2. The molecule has 0 aliphatic heterocycles. The molecule has 1 heterocycles. The van der Waals surface area contributed by atoms with E-state index < -0.39 is 0 Å². The SMILES string of the molecule is CCC(O)CCc1[c]nccc1. The molecule has 1 N–H and O–H groups in total. The maximum absolute atomic E-state index is 9.28. The first-order valence-corrected chi connectivity index (χ1v) is 4.32. The Kier molecular flexibility index (Phi) is 3.74. The Morgan fingerprint density at radius 2 is 2.50 bits per heavy atom. The number of pyridine rings is 1. The van der Waals surface area contributed by atoms with Gasteiger partial charge in [0.15, 0.2) is 0 Å². The smallest absolute Gasteiger partial charge is 0.0920 e. The second kappa shape index (κ2) is 4.88. The van der Waals surface area contributed by atoms with E-state index in [4.69, 9.17) is 0 Å². The summed E-state index contributed by atoms with van der Waals surface area (Å²) in [5, 5.41) is 9.28. The van der Waals surface area contributed by atoms with Crippen LogP contribution in [0.1, 0.15) is 25.3 Å². The Balaban J connectivity index is 2.33. The van der Waals surface area contributed by atoms with Crippen molar-refractivity contribution in [3.8, 4) is 0 Å². The van der Waals surface area contributed by atoms with E-state index in [-0.39, 0.29) is 6.10 Å². The second-order valence-corrected chi connectivity index (χ2v) is 2.88. The van der Waals surface area contributed by atoms with E-state index in [1.165, 1.54) is 0 Å². The van der Waals surface area contributed by atoms with Crippen LogP contribution in [0.15, 0.2) is 18.3 Å². The Morgan fingerprint density at radius 1 is 1.67 bits per heavy atom. The fourth-order valence-corrected chi connectivity index (χ4v) is 1.03. The molecule has 0 fully saturated rings. The topological polar surface area (TPSA) is 33.1 Å². The molecule has 1 rings (SSSR count). The molecule has 1 atom stereocenters. The summed E-state index contributed by atoms with van der Waals surface area (Å²) in [5.41, 5.74) is 1.07. The lowest BCUT2D eigenvalue weighted by molar-refractivity contribution is 0.160. The summed E-state index contributed by atoms with van der Waals surface area (Å²) < 4.78 is 0. The zero-order valence-corrected chi connectivity index (χ0v) is 7.33. The molecule has 65 valence electrons. The predicted molar refractivity (Wildman–Crippen MR) is 47.7 cm³/mol. The molecule has 2 nitrogen and oxygen atoms in total. The van der Waals surface area contributed by atoms with Gasteiger partial charge in [-0.25, -0.2) is 0 Å². The molecule has 1 aromatic rings. The average Bonchev–Trinajstić information content (AvgIpc) is 2.16. The largest absolute Gasteiger partial charge is 0.393 e. The van der Waals surface area contributed by atoms with Crippen LogP contribution in [0.5, 0.6) is 0 Å². The fourth-order valence-electron chi connectivity index (χ4n) is 1.03. The number of nitrogens with zero attached hydrogens (tertiary/aromatic N) is 1. The highest BCUT2D eigenvalue weighted by Gasteiger charge is 2.00. The number of aryl methyl sites for hydroxylation is 1. The van der Waals surface area contributed by atoms with Crippen molar-refractivity contribution in [2.24, 2.45) is 0 Å². The predicted octanol–water partition coefficient (Wildman–Crippen LogP) is 1.59. The van der Waals surface area contributed by atoms with E-state index in [0.29, 0.717) is 0 Å². The van der Waals surface area contributed by atoms with E-state index >= 15 is 0 Å². The standard InChI is InChI=1S/C10H14NO/c1-2-10(12)6-5-9-4-3-7-11-8-9/h3-4,7,10,12H,2,5-6H2,1H3. The normalized spacial score (nSPS) is 12.8. The van der Waals surface area contributed by atoms with Crippen molar-refractivity contribution in [1.29, 1.82) is 0 Å². The maximum Gasteiger partial charge on any atom is 0.0920 e. The van der Waals surface area contributed by atoms with Gasteiger partial charge in [0.25, 0.3) is 0 Å². The van der Waals surface area contributed by atoms with Crippen molar-refractivity contribution < 1.29 is 5.11 Å². The van der Waals surface area contributed by atoms with Crippen molar-refractivity contribution >= 4 is 0 Å². The van der Waals surface area contributed by atoms with Crippen LogP contribution in [-0.2, 0) is 6.42 Å². The zero-order chi connectivity index (χ0) is 8.81. The van der Waals surface area contributed by atoms with Crippen molar-refractivity contribution in [3.63, 3.8) is 0 Å². The summed E-state index contributed by atoms with van der Waals surface area (Å²) in [5.74, 6) is 0. The molecule has 0 saturated heterocycles. The van der Waals surface area contributed by atoms with Crippen LogP contribution in [-0.4, -0.2) is 16.2 Å².